The van der Waals surface area contributed by atoms with E-state index in [1.54, 1.807) is 110 Å². The molecule has 0 spiro atoms. The van der Waals surface area contributed by atoms with Gasteiger partial charge in [-0.2, -0.15) is 15.0 Å². The summed E-state index contributed by atoms with van der Waals surface area (Å²) in [4.78, 5) is 98.3. The molecule has 0 aliphatic heterocycles. The third-order valence-electron chi connectivity index (χ3n) is 16.6. The van der Waals surface area contributed by atoms with Gasteiger partial charge >= 0.3 is 35.4 Å². The standard InChI is InChI=1S/C26H24FN7O3.2C25H22FN7O2/c1-26(2,3)25-33-24(37-34-25)22(35)30-13-15-8-7-14(12-18(15)27)16-9-11-28-21-19(16)31-20(32-21)17-6-5-10-29-23(17)36-4;1-25(2,3)24-32-23(35-33-24)22(34)29-13-16-5-4-15(12-18(16)26)17-8-11-28-21-19(17)30-20(31-21)14-6-9-27-10-7-14;1-25(2,3)24-32-23(35-33-24)22(34)29-13-15-7-6-14(11-18(15)26)17-8-10-28-21-19(17)30-20(31-21)16-5-4-9-27-12-16/h5-12H,13H2,1-4H3,(H,30,35)(H,28,31,32);2*4-12H,13H2,1-3H3,(H,29,34)(H,28,30,31). The van der Waals surface area contributed by atoms with E-state index in [2.05, 4.69) is 106 Å². The summed E-state index contributed by atoms with van der Waals surface area (Å²) in [5.41, 5.74) is 10.0. The average molecular weight is 1440 g/mol. The van der Waals surface area contributed by atoms with E-state index in [1.165, 1.54) is 25.3 Å². The number of nitrogens with zero attached hydrogens (tertiary/aromatic N) is 15. The molecular formula is C76H68F3N21O7. The molecule has 0 radical (unpaired) electrons. The van der Waals surface area contributed by atoms with Crippen LogP contribution in [0, 0.1) is 17.5 Å². The number of carbonyl (C=O) groups excluding carboxylic acids is 3. The number of nitrogens with one attached hydrogen (secondary N) is 6. The highest BCUT2D eigenvalue weighted by molar-refractivity contribution is 5.95. The minimum absolute atomic E-state index is 0.0276. The Bertz CT molecular complexity index is 5520. The molecule has 0 aliphatic carbocycles. The summed E-state index contributed by atoms with van der Waals surface area (Å²) in [6.07, 6.45) is 13.3. The molecule has 15 rings (SSSR count). The predicted molar refractivity (Wildman–Crippen MR) is 387 cm³/mol. The van der Waals surface area contributed by atoms with E-state index in [-0.39, 0.29) is 53.6 Å². The van der Waals surface area contributed by atoms with Gasteiger partial charge in [-0.05, 0) is 89.5 Å². The maximum Gasteiger partial charge on any atom is 0.315 e. The van der Waals surface area contributed by atoms with Crippen molar-refractivity contribution in [3.63, 3.8) is 0 Å². The van der Waals surface area contributed by atoms with E-state index < -0.39 is 35.2 Å². The number of benzene rings is 3. The molecule has 28 nitrogen and oxygen atoms in total. The number of pyridine rings is 6. The van der Waals surface area contributed by atoms with Gasteiger partial charge in [0.25, 0.3) is 0 Å². The zero-order valence-electron chi connectivity index (χ0n) is 59.3. The summed E-state index contributed by atoms with van der Waals surface area (Å²) in [6, 6.07) is 30.9. The van der Waals surface area contributed by atoms with E-state index in [0.29, 0.717) is 113 Å². The summed E-state index contributed by atoms with van der Waals surface area (Å²) in [5.74, 6) is -0.0559. The second kappa shape index (κ2) is 30.0. The molecule has 540 valence electrons. The first kappa shape index (κ1) is 71.8. The Kier molecular flexibility index (Phi) is 20.1. The number of hydrogen-bond donors (Lipinski definition) is 6. The van der Waals surface area contributed by atoms with E-state index >= 15 is 4.39 Å². The Hall–Kier alpha value is -13.6. The smallest absolute Gasteiger partial charge is 0.315 e. The fourth-order valence-corrected chi connectivity index (χ4v) is 10.8. The molecule has 12 aromatic heterocycles. The fourth-order valence-electron chi connectivity index (χ4n) is 10.8. The van der Waals surface area contributed by atoms with Crippen LogP contribution in [-0.2, 0) is 35.9 Å². The zero-order valence-corrected chi connectivity index (χ0v) is 59.3. The summed E-state index contributed by atoms with van der Waals surface area (Å²) in [6.45, 7) is 17.1. The maximum absolute atomic E-state index is 15.0. The van der Waals surface area contributed by atoms with Crippen LogP contribution in [0.3, 0.4) is 0 Å². The number of methoxy groups -OCH3 is 1. The number of imidazole rings is 3. The van der Waals surface area contributed by atoms with Gasteiger partial charge in [-0.25, -0.2) is 48.1 Å². The van der Waals surface area contributed by atoms with Crippen molar-refractivity contribution in [3.8, 4) is 73.4 Å². The number of amides is 3. The summed E-state index contributed by atoms with van der Waals surface area (Å²) in [7, 11) is 1.54. The molecule has 0 fully saturated rings. The second-order valence-electron chi connectivity index (χ2n) is 27.5. The minimum atomic E-state index is -0.571. The number of ether oxygens (including phenoxy) is 1. The molecule has 6 N–H and O–H groups in total. The Labute approximate surface area is 607 Å². The van der Waals surface area contributed by atoms with Crippen molar-refractivity contribution in [3.05, 3.63) is 228 Å². The minimum Gasteiger partial charge on any atom is -0.480 e. The van der Waals surface area contributed by atoms with Crippen LogP contribution in [0.1, 0.15) is 129 Å². The molecule has 0 aliphatic rings. The predicted octanol–water partition coefficient (Wildman–Crippen LogP) is 13.3. The number of fused-ring (bicyclic) bond motifs is 3. The van der Waals surface area contributed by atoms with Crippen molar-refractivity contribution in [1.82, 2.24) is 106 Å². The molecule has 0 unspecified atom stereocenters. The lowest BCUT2D eigenvalue weighted by Crippen LogP contribution is -2.24. The van der Waals surface area contributed by atoms with Crippen molar-refractivity contribution in [2.45, 2.75) is 98.2 Å². The molecule has 0 saturated heterocycles. The third-order valence-corrected chi connectivity index (χ3v) is 16.6. The van der Waals surface area contributed by atoms with Gasteiger partial charge in [0, 0.05) is 130 Å². The normalized spacial score (nSPS) is 11.6. The molecular weight excluding hydrogens is 1380 g/mol. The van der Waals surface area contributed by atoms with Crippen molar-refractivity contribution >= 4 is 51.2 Å². The van der Waals surface area contributed by atoms with Crippen molar-refractivity contribution < 1.29 is 45.9 Å². The molecule has 3 aromatic carbocycles. The quantitative estimate of drug-likeness (QED) is 0.0523. The molecule has 0 saturated carbocycles. The highest BCUT2D eigenvalue weighted by atomic mass is 19.1. The van der Waals surface area contributed by atoms with E-state index in [1.807, 2.05) is 92.6 Å². The monoisotopic (exact) mass is 1440 g/mol. The van der Waals surface area contributed by atoms with E-state index in [4.69, 9.17) is 18.3 Å². The van der Waals surface area contributed by atoms with Gasteiger partial charge in [-0.1, -0.05) is 114 Å². The fraction of sp³-hybridized carbons (Fsp3) is 0.211. The zero-order chi connectivity index (χ0) is 75.3. The molecule has 3 amide bonds. The lowest BCUT2D eigenvalue weighted by Gasteiger charge is -2.10. The SMILES string of the molecule is CC(C)(C)c1noc(C(=O)NCc2ccc(-c3ccnc4nc(-c5cccnc5)[nH]c34)cc2F)n1.CC(C)(C)c1noc(C(=O)NCc2ccc(-c3ccnc4nc(-c5ccncc5)[nH]c34)cc2F)n1.COc1ncccc1-c1nc2nccc(-c3ccc(CNC(=O)c4nc(C(C)(C)C)no4)c(F)c3)c2[nH]1. The Morgan fingerprint density at radius 3 is 1.15 bits per heavy atom. The highest BCUT2D eigenvalue weighted by Crippen LogP contribution is 2.35. The third kappa shape index (κ3) is 16.1. The number of carbonyl (C=O) groups is 3. The lowest BCUT2D eigenvalue weighted by atomic mass is 9.96. The van der Waals surface area contributed by atoms with Gasteiger partial charge < -0.3 is 49.2 Å². The van der Waals surface area contributed by atoms with Crippen molar-refractivity contribution in [2.75, 3.05) is 7.11 Å². The first-order chi connectivity index (χ1) is 51.3. The Morgan fingerprint density at radius 2 is 0.785 bits per heavy atom. The van der Waals surface area contributed by atoms with Crippen LogP contribution >= 0.6 is 0 Å². The van der Waals surface area contributed by atoms with Crippen LogP contribution < -0.4 is 20.7 Å². The van der Waals surface area contributed by atoms with Gasteiger partial charge in [-0.15, -0.1) is 0 Å². The Balaban J connectivity index is 0.000000142. The molecule has 12 heterocycles. The number of halogens is 3. The number of H-pyrrole nitrogens is 3. The summed E-state index contributed by atoms with van der Waals surface area (Å²) >= 11 is 0. The van der Waals surface area contributed by atoms with Crippen LogP contribution in [0.4, 0.5) is 13.2 Å². The lowest BCUT2D eigenvalue weighted by molar-refractivity contribution is 0.0899. The number of aromatic nitrogens is 18. The van der Waals surface area contributed by atoms with Gasteiger partial charge in [0.05, 0.1) is 29.2 Å². The highest BCUT2D eigenvalue weighted by Gasteiger charge is 2.28. The summed E-state index contributed by atoms with van der Waals surface area (Å²) < 4.78 is 65.4. The summed E-state index contributed by atoms with van der Waals surface area (Å²) in [5, 5.41) is 19.4. The average Bonchev–Trinajstić information content (AvgIpc) is 1.66. The van der Waals surface area contributed by atoms with Crippen LogP contribution in [-0.4, -0.2) is 115 Å². The van der Waals surface area contributed by atoms with Gasteiger partial charge in [0.15, 0.2) is 34.4 Å². The number of hydrogen-bond acceptors (Lipinski definition) is 22. The van der Waals surface area contributed by atoms with Crippen molar-refractivity contribution in [1.29, 1.82) is 0 Å². The van der Waals surface area contributed by atoms with Gasteiger partial charge in [0.1, 0.15) is 34.9 Å². The second-order valence-corrected chi connectivity index (χ2v) is 27.5. The van der Waals surface area contributed by atoms with Crippen LogP contribution in [0.5, 0.6) is 5.88 Å². The largest absolute Gasteiger partial charge is 0.480 e. The Morgan fingerprint density at radius 1 is 0.402 bits per heavy atom. The maximum atomic E-state index is 15.0. The van der Waals surface area contributed by atoms with Gasteiger partial charge in [0.2, 0.25) is 5.88 Å². The van der Waals surface area contributed by atoms with Crippen LogP contribution in [0.2, 0.25) is 0 Å². The number of rotatable bonds is 16. The topological polar surface area (TPSA) is 377 Å². The molecule has 0 bridgehead atoms. The molecule has 31 heteroatoms. The molecule has 107 heavy (non-hydrogen) atoms. The molecule has 15 aromatic rings. The van der Waals surface area contributed by atoms with E-state index in [9.17, 15) is 23.2 Å². The first-order valence-corrected chi connectivity index (χ1v) is 33.4. The number of aromatic amines is 3. The van der Waals surface area contributed by atoms with E-state index in [0.717, 1.165) is 27.8 Å². The van der Waals surface area contributed by atoms with Crippen LogP contribution in [0.25, 0.3) is 101 Å². The first-order valence-electron chi connectivity index (χ1n) is 33.4. The molecule has 0 atom stereocenters. The van der Waals surface area contributed by atoms with Crippen LogP contribution in [0.15, 0.2) is 172 Å². The van der Waals surface area contributed by atoms with Gasteiger partial charge in [-0.3, -0.25) is 24.4 Å². The van der Waals surface area contributed by atoms with Crippen molar-refractivity contribution in [2.24, 2.45) is 0 Å².